The molecule has 0 amide bonds. The van der Waals surface area contributed by atoms with Crippen LogP contribution >= 0.6 is 0 Å². The smallest absolute Gasteiger partial charge is 0.0115 e. The van der Waals surface area contributed by atoms with Crippen molar-refractivity contribution in [2.75, 3.05) is 14.1 Å². The zero-order chi connectivity index (χ0) is 6.85. The van der Waals surface area contributed by atoms with Gasteiger partial charge in [0.25, 0.3) is 0 Å². The number of hydrogen-bond acceptors (Lipinski definition) is 1. The Labute approximate surface area is 58.0 Å². The van der Waals surface area contributed by atoms with Crippen molar-refractivity contribution in [3.05, 3.63) is 0 Å². The first-order valence-electron chi connectivity index (χ1n) is 3.88. The van der Waals surface area contributed by atoms with Gasteiger partial charge in [-0.05, 0) is 32.9 Å². The maximum Gasteiger partial charge on any atom is 0.0115 e. The van der Waals surface area contributed by atoms with E-state index in [0.717, 1.165) is 12.0 Å². The normalized spacial score (nSPS) is 36.0. The Morgan fingerprint density at radius 2 is 1.89 bits per heavy atom. The lowest BCUT2D eigenvalue weighted by molar-refractivity contribution is 0.249. The van der Waals surface area contributed by atoms with E-state index in [4.69, 9.17) is 0 Å². The van der Waals surface area contributed by atoms with Gasteiger partial charge in [0.2, 0.25) is 0 Å². The first-order chi connectivity index (χ1) is 4.22. The van der Waals surface area contributed by atoms with E-state index in [9.17, 15) is 0 Å². The maximum absolute atomic E-state index is 2.36. The molecular formula is C8H17N. The molecule has 2 unspecified atom stereocenters. The van der Waals surface area contributed by atoms with Crippen molar-refractivity contribution in [2.45, 2.75) is 32.2 Å². The Kier molecular flexibility index (Phi) is 2.12. The minimum absolute atomic E-state index is 0.866. The third-order valence-corrected chi connectivity index (χ3v) is 2.48. The fourth-order valence-electron chi connectivity index (χ4n) is 1.89. The van der Waals surface area contributed by atoms with Crippen molar-refractivity contribution in [1.82, 2.24) is 4.90 Å². The zero-order valence-electron chi connectivity index (χ0n) is 6.72. The molecule has 0 aromatic carbocycles. The van der Waals surface area contributed by atoms with Gasteiger partial charge in [0, 0.05) is 6.04 Å². The van der Waals surface area contributed by atoms with Crippen molar-refractivity contribution < 1.29 is 0 Å². The van der Waals surface area contributed by atoms with Crippen molar-refractivity contribution in [3.8, 4) is 0 Å². The molecular weight excluding hydrogens is 110 g/mol. The highest BCUT2D eigenvalue weighted by atomic mass is 15.1. The zero-order valence-corrected chi connectivity index (χ0v) is 6.72. The van der Waals surface area contributed by atoms with E-state index in [1.807, 2.05) is 0 Å². The van der Waals surface area contributed by atoms with Crippen LogP contribution in [0.3, 0.4) is 0 Å². The Balaban J connectivity index is 2.40. The van der Waals surface area contributed by atoms with Gasteiger partial charge >= 0.3 is 0 Å². The predicted molar refractivity (Wildman–Crippen MR) is 40.5 cm³/mol. The summed E-state index contributed by atoms with van der Waals surface area (Å²) in [7, 11) is 4.37. The standard InChI is InChI=1S/C8H17N/c1-7-5-4-6-8(7)9(2)3/h7-8H,4-6H2,1-3H3. The molecule has 1 heteroatoms. The van der Waals surface area contributed by atoms with Gasteiger partial charge in [-0.2, -0.15) is 0 Å². The lowest BCUT2D eigenvalue weighted by Gasteiger charge is -2.22. The minimum atomic E-state index is 0.866. The summed E-state index contributed by atoms with van der Waals surface area (Å²) in [6.45, 7) is 2.36. The van der Waals surface area contributed by atoms with Gasteiger partial charge in [-0.15, -0.1) is 0 Å². The van der Waals surface area contributed by atoms with Gasteiger partial charge < -0.3 is 4.90 Å². The largest absolute Gasteiger partial charge is 0.306 e. The van der Waals surface area contributed by atoms with E-state index in [-0.39, 0.29) is 0 Å². The van der Waals surface area contributed by atoms with Crippen LogP contribution in [0.4, 0.5) is 0 Å². The molecule has 54 valence electrons. The van der Waals surface area contributed by atoms with Crippen molar-refractivity contribution >= 4 is 0 Å². The SMILES string of the molecule is CC1CCCC1N(C)C. The fourth-order valence-corrected chi connectivity index (χ4v) is 1.89. The summed E-state index contributed by atoms with van der Waals surface area (Å²) in [6.07, 6.45) is 4.28. The molecule has 1 saturated carbocycles. The molecule has 1 aliphatic carbocycles. The van der Waals surface area contributed by atoms with Crippen LogP contribution in [0, 0.1) is 5.92 Å². The summed E-state index contributed by atoms with van der Waals surface area (Å²) < 4.78 is 0. The lowest BCUT2D eigenvalue weighted by atomic mass is 10.1. The molecule has 0 aliphatic heterocycles. The molecule has 0 heterocycles. The van der Waals surface area contributed by atoms with E-state index in [1.54, 1.807) is 0 Å². The number of nitrogens with zero attached hydrogens (tertiary/aromatic N) is 1. The molecule has 0 saturated heterocycles. The van der Waals surface area contributed by atoms with Gasteiger partial charge in [0.1, 0.15) is 0 Å². The highest BCUT2D eigenvalue weighted by molar-refractivity contribution is 4.79. The molecule has 0 N–H and O–H groups in total. The predicted octanol–water partition coefficient (Wildman–Crippen LogP) is 1.74. The molecule has 0 bridgehead atoms. The van der Waals surface area contributed by atoms with E-state index in [2.05, 4.69) is 25.9 Å². The minimum Gasteiger partial charge on any atom is -0.306 e. The second-order valence-electron chi connectivity index (χ2n) is 3.44. The Hall–Kier alpha value is -0.0400. The first kappa shape index (κ1) is 7.07. The van der Waals surface area contributed by atoms with Gasteiger partial charge in [0.15, 0.2) is 0 Å². The van der Waals surface area contributed by atoms with Crippen molar-refractivity contribution in [3.63, 3.8) is 0 Å². The summed E-state index contributed by atoms with van der Waals surface area (Å²) >= 11 is 0. The molecule has 0 radical (unpaired) electrons. The summed E-state index contributed by atoms with van der Waals surface area (Å²) in [5.41, 5.74) is 0. The quantitative estimate of drug-likeness (QED) is 0.518. The second-order valence-corrected chi connectivity index (χ2v) is 3.44. The maximum atomic E-state index is 2.36. The average molecular weight is 127 g/mol. The van der Waals surface area contributed by atoms with Crippen LogP contribution in [0.2, 0.25) is 0 Å². The van der Waals surface area contributed by atoms with Crippen LogP contribution in [0.1, 0.15) is 26.2 Å². The fraction of sp³-hybridized carbons (Fsp3) is 1.00. The van der Waals surface area contributed by atoms with E-state index in [1.165, 1.54) is 19.3 Å². The van der Waals surface area contributed by atoms with E-state index >= 15 is 0 Å². The third kappa shape index (κ3) is 1.45. The summed E-state index contributed by atoms with van der Waals surface area (Å²) in [5, 5.41) is 0. The topological polar surface area (TPSA) is 3.24 Å². The van der Waals surface area contributed by atoms with E-state index < -0.39 is 0 Å². The number of rotatable bonds is 1. The third-order valence-electron chi connectivity index (χ3n) is 2.48. The molecule has 0 aromatic heterocycles. The van der Waals surface area contributed by atoms with E-state index in [0.29, 0.717) is 0 Å². The van der Waals surface area contributed by atoms with Crippen LogP contribution in [-0.4, -0.2) is 25.0 Å². The van der Waals surface area contributed by atoms with Crippen LogP contribution in [0.15, 0.2) is 0 Å². The van der Waals surface area contributed by atoms with Gasteiger partial charge in [0.05, 0.1) is 0 Å². The molecule has 0 aromatic rings. The monoisotopic (exact) mass is 127 g/mol. The molecule has 1 nitrogen and oxygen atoms in total. The van der Waals surface area contributed by atoms with Crippen LogP contribution in [-0.2, 0) is 0 Å². The Morgan fingerprint density at radius 3 is 2.11 bits per heavy atom. The molecule has 1 fully saturated rings. The van der Waals surface area contributed by atoms with Crippen LogP contribution in [0.5, 0.6) is 0 Å². The molecule has 0 spiro atoms. The molecule has 9 heavy (non-hydrogen) atoms. The van der Waals surface area contributed by atoms with Crippen LogP contribution < -0.4 is 0 Å². The molecule has 1 rings (SSSR count). The van der Waals surface area contributed by atoms with Crippen LogP contribution in [0.25, 0.3) is 0 Å². The average Bonchev–Trinajstić information content (AvgIpc) is 2.13. The highest BCUT2D eigenvalue weighted by Gasteiger charge is 2.24. The van der Waals surface area contributed by atoms with Gasteiger partial charge in [-0.25, -0.2) is 0 Å². The summed E-state index contributed by atoms with van der Waals surface area (Å²) in [4.78, 5) is 2.36. The highest BCUT2D eigenvalue weighted by Crippen LogP contribution is 2.27. The summed E-state index contributed by atoms with van der Waals surface area (Å²) in [6, 6.07) is 0.866. The van der Waals surface area contributed by atoms with Crippen molar-refractivity contribution in [1.29, 1.82) is 0 Å². The molecule has 2 atom stereocenters. The number of hydrogen-bond donors (Lipinski definition) is 0. The van der Waals surface area contributed by atoms with Crippen molar-refractivity contribution in [2.24, 2.45) is 5.92 Å². The Morgan fingerprint density at radius 1 is 1.22 bits per heavy atom. The summed E-state index contributed by atoms with van der Waals surface area (Å²) in [5.74, 6) is 0.931. The van der Waals surface area contributed by atoms with Gasteiger partial charge in [-0.1, -0.05) is 13.3 Å². The first-order valence-corrected chi connectivity index (χ1v) is 3.88. The Bertz CT molecular complexity index is 88.6. The lowest BCUT2D eigenvalue weighted by Crippen LogP contribution is -2.29. The molecule has 1 aliphatic rings. The van der Waals surface area contributed by atoms with Gasteiger partial charge in [-0.3, -0.25) is 0 Å². The second kappa shape index (κ2) is 2.70.